The van der Waals surface area contributed by atoms with Crippen molar-refractivity contribution in [1.82, 2.24) is 19.9 Å². The summed E-state index contributed by atoms with van der Waals surface area (Å²) in [6.45, 7) is 5.80. The number of hydrogen-bond acceptors (Lipinski definition) is 5. The molecule has 0 amide bonds. The minimum Gasteiger partial charge on any atom is -0.301 e. The monoisotopic (exact) mass is 296 g/mol. The average Bonchev–Trinajstić information content (AvgIpc) is 2.26. The minimum absolute atomic E-state index is 0.179. The van der Waals surface area contributed by atoms with Crippen LogP contribution in [0.4, 0.5) is 0 Å². The van der Waals surface area contributed by atoms with Gasteiger partial charge >= 0.3 is 0 Å². The number of hydrogen-bond donors (Lipinski definition) is 1. The zero-order valence-corrected chi connectivity index (χ0v) is 12.3. The van der Waals surface area contributed by atoms with E-state index >= 15 is 0 Å². The van der Waals surface area contributed by atoms with Crippen molar-refractivity contribution in [2.45, 2.75) is 36.9 Å². The summed E-state index contributed by atoms with van der Waals surface area (Å²) in [7, 11) is 0. The molecule has 0 saturated heterocycles. The molecule has 0 spiro atoms. The highest BCUT2D eigenvalue weighted by atomic mass is 35.5. The number of nitrogens with one attached hydrogen (secondary N) is 1. The van der Waals surface area contributed by atoms with E-state index < -0.39 is 0 Å². The smallest absolute Gasteiger partial charge is 0.251 e. The maximum atomic E-state index is 11.4. The molecule has 0 aliphatic carbocycles. The third kappa shape index (κ3) is 3.33. The molecule has 100 valence electrons. The van der Waals surface area contributed by atoms with E-state index in [2.05, 4.69) is 19.9 Å². The molecule has 2 heterocycles. The van der Waals surface area contributed by atoms with Crippen molar-refractivity contribution in [3.05, 3.63) is 39.2 Å². The van der Waals surface area contributed by atoms with Crippen molar-refractivity contribution in [3.63, 3.8) is 0 Å². The lowest BCUT2D eigenvalue weighted by molar-refractivity contribution is 0.799. The Bertz CT molecular complexity index is 656. The number of H-pyrrole nitrogens is 1. The van der Waals surface area contributed by atoms with Crippen molar-refractivity contribution < 1.29 is 0 Å². The second-order valence-corrected chi connectivity index (χ2v) is 5.67. The molecular weight excluding hydrogens is 284 g/mol. The summed E-state index contributed by atoms with van der Waals surface area (Å²) in [5.74, 6) is 0.188. The van der Waals surface area contributed by atoms with Gasteiger partial charge in [-0.3, -0.25) is 4.79 Å². The SMILES string of the molecule is Cc1cc(=O)[nH]c(Sc2ncnc(Cl)c2C(C)C)n1. The zero-order chi connectivity index (χ0) is 14.0. The third-order valence-corrected chi connectivity index (χ3v) is 3.62. The fraction of sp³-hybridized carbons (Fsp3) is 0.333. The number of rotatable bonds is 3. The molecule has 0 aliphatic heterocycles. The van der Waals surface area contributed by atoms with Gasteiger partial charge in [0.2, 0.25) is 0 Å². The van der Waals surface area contributed by atoms with E-state index in [1.807, 2.05) is 13.8 Å². The van der Waals surface area contributed by atoms with Gasteiger partial charge < -0.3 is 4.98 Å². The molecule has 0 radical (unpaired) electrons. The molecule has 5 nitrogen and oxygen atoms in total. The van der Waals surface area contributed by atoms with Gasteiger partial charge in [-0.2, -0.15) is 0 Å². The second kappa shape index (κ2) is 5.71. The Kier molecular flexibility index (Phi) is 4.21. The highest BCUT2D eigenvalue weighted by Gasteiger charge is 2.15. The molecule has 7 heteroatoms. The van der Waals surface area contributed by atoms with Crippen molar-refractivity contribution in [3.8, 4) is 0 Å². The van der Waals surface area contributed by atoms with Crippen LogP contribution in [-0.4, -0.2) is 19.9 Å². The lowest BCUT2D eigenvalue weighted by atomic mass is 10.1. The Morgan fingerprint density at radius 3 is 2.74 bits per heavy atom. The maximum absolute atomic E-state index is 11.4. The van der Waals surface area contributed by atoms with E-state index in [-0.39, 0.29) is 11.5 Å². The molecule has 2 aromatic rings. The normalized spacial score (nSPS) is 11.0. The molecule has 0 bridgehead atoms. The van der Waals surface area contributed by atoms with Crippen LogP contribution < -0.4 is 5.56 Å². The number of aromatic amines is 1. The van der Waals surface area contributed by atoms with Crippen LogP contribution in [-0.2, 0) is 0 Å². The minimum atomic E-state index is -0.179. The van der Waals surface area contributed by atoms with E-state index in [9.17, 15) is 4.79 Å². The summed E-state index contributed by atoms with van der Waals surface area (Å²) in [5.41, 5.74) is 1.34. The molecule has 2 aromatic heterocycles. The van der Waals surface area contributed by atoms with Crippen LogP contribution in [0.5, 0.6) is 0 Å². The summed E-state index contributed by atoms with van der Waals surface area (Å²) in [5, 5.41) is 1.65. The van der Waals surface area contributed by atoms with Gasteiger partial charge in [0.15, 0.2) is 5.16 Å². The molecular formula is C12H13ClN4OS. The summed E-state index contributed by atoms with van der Waals surface area (Å²) in [6, 6.07) is 1.44. The fourth-order valence-electron chi connectivity index (χ4n) is 1.62. The highest BCUT2D eigenvalue weighted by Crippen LogP contribution is 2.33. The first kappa shape index (κ1) is 14.0. The van der Waals surface area contributed by atoms with Gasteiger partial charge in [-0.1, -0.05) is 25.4 Å². The Morgan fingerprint density at radius 2 is 2.11 bits per heavy atom. The second-order valence-electron chi connectivity index (χ2n) is 4.33. The Labute approximate surface area is 119 Å². The summed E-state index contributed by atoms with van der Waals surface area (Å²) < 4.78 is 0. The van der Waals surface area contributed by atoms with Gasteiger partial charge in [-0.15, -0.1) is 0 Å². The fourth-order valence-corrected chi connectivity index (χ4v) is 3.09. The van der Waals surface area contributed by atoms with Gasteiger partial charge in [0, 0.05) is 17.3 Å². The van der Waals surface area contributed by atoms with Gasteiger partial charge in [0.1, 0.15) is 16.5 Å². The largest absolute Gasteiger partial charge is 0.301 e. The van der Waals surface area contributed by atoms with Crippen LogP contribution in [0.3, 0.4) is 0 Å². The van der Waals surface area contributed by atoms with Gasteiger partial charge in [-0.25, -0.2) is 15.0 Å². The molecule has 2 rings (SSSR count). The van der Waals surface area contributed by atoms with E-state index in [1.165, 1.54) is 24.2 Å². The Hall–Kier alpha value is -1.40. The van der Waals surface area contributed by atoms with Crippen molar-refractivity contribution in [2.75, 3.05) is 0 Å². The van der Waals surface area contributed by atoms with Crippen LogP contribution in [0.1, 0.15) is 31.0 Å². The predicted octanol–water partition coefficient (Wildman–Crippen LogP) is 2.80. The van der Waals surface area contributed by atoms with Crippen molar-refractivity contribution >= 4 is 23.4 Å². The Balaban J connectivity index is 2.43. The standard InChI is InChI=1S/C12H13ClN4OS/c1-6(2)9-10(13)14-5-15-11(9)19-12-16-7(3)4-8(18)17-12/h4-6H,1-3H3,(H,16,17,18). The summed E-state index contributed by atoms with van der Waals surface area (Å²) in [4.78, 5) is 26.6. The van der Waals surface area contributed by atoms with Crippen LogP contribution in [0, 0.1) is 6.92 Å². The third-order valence-electron chi connectivity index (χ3n) is 2.42. The average molecular weight is 297 g/mol. The predicted molar refractivity (Wildman–Crippen MR) is 74.8 cm³/mol. The number of aryl methyl sites for hydroxylation is 1. The van der Waals surface area contributed by atoms with Crippen molar-refractivity contribution in [1.29, 1.82) is 0 Å². The molecule has 0 atom stereocenters. The number of nitrogens with zero attached hydrogens (tertiary/aromatic N) is 3. The number of aromatic nitrogens is 4. The molecule has 0 aromatic carbocycles. The van der Waals surface area contributed by atoms with Crippen molar-refractivity contribution in [2.24, 2.45) is 0 Å². The van der Waals surface area contributed by atoms with Gasteiger partial charge in [0.25, 0.3) is 5.56 Å². The molecule has 0 unspecified atom stereocenters. The highest BCUT2D eigenvalue weighted by molar-refractivity contribution is 7.99. The first-order chi connectivity index (χ1) is 8.97. The van der Waals surface area contributed by atoms with E-state index in [0.29, 0.717) is 21.0 Å². The van der Waals surface area contributed by atoms with Gasteiger partial charge in [-0.05, 0) is 24.6 Å². The molecule has 19 heavy (non-hydrogen) atoms. The summed E-state index contributed by atoms with van der Waals surface area (Å²) in [6.07, 6.45) is 1.41. The molecule has 0 saturated carbocycles. The number of halogens is 1. The zero-order valence-electron chi connectivity index (χ0n) is 10.8. The Morgan fingerprint density at radius 1 is 1.37 bits per heavy atom. The van der Waals surface area contributed by atoms with Crippen LogP contribution >= 0.6 is 23.4 Å². The van der Waals surface area contributed by atoms with Gasteiger partial charge in [0.05, 0.1) is 0 Å². The summed E-state index contributed by atoms with van der Waals surface area (Å²) >= 11 is 7.38. The molecule has 0 aliphatic rings. The quantitative estimate of drug-likeness (QED) is 0.696. The lowest BCUT2D eigenvalue weighted by Gasteiger charge is -2.11. The first-order valence-electron chi connectivity index (χ1n) is 5.73. The van der Waals surface area contributed by atoms with Crippen LogP contribution in [0.25, 0.3) is 0 Å². The van der Waals surface area contributed by atoms with E-state index in [4.69, 9.17) is 11.6 Å². The van der Waals surface area contributed by atoms with Crippen LogP contribution in [0.15, 0.2) is 27.4 Å². The van der Waals surface area contributed by atoms with E-state index in [1.54, 1.807) is 6.92 Å². The molecule has 1 N–H and O–H groups in total. The maximum Gasteiger partial charge on any atom is 0.251 e. The van der Waals surface area contributed by atoms with Crippen LogP contribution in [0.2, 0.25) is 5.15 Å². The molecule has 0 fully saturated rings. The topological polar surface area (TPSA) is 71.5 Å². The van der Waals surface area contributed by atoms with E-state index in [0.717, 1.165) is 5.56 Å². The lowest BCUT2D eigenvalue weighted by Crippen LogP contribution is -2.08. The first-order valence-corrected chi connectivity index (χ1v) is 6.93.